The van der Waals surface area contributed by atoms with Crippen LogP contribution in [0.2, 0.25) is 0 Å². The Kier molecular flexibility index (Phi) is 7.28. The number of nitrogens with one attached hydrogen (secondary N) is 1. The second kappa shape index (κ2) is 9.25. The van der Waals surface area contributed by atoms with Gasteiger partial charge in [0.15, 0.2) is 18.5 Å². The lowest BCUT2D eigenvalue weighted by molar-refractivity contribution is -0.281. The molecule has 150 valence electrons. The van der Waals surface area contributed by atoms with Crippen LogP contribution in [0.1, 0.15) is 19.4 Å². The second-order valence-electron chi connectivity index (χ2n) is 6.60. The van der Waals surface area contributed by atoms with E-state index in [9.17, 15) is 30.0 Å². The number of carbonyl (C=O) groups excluding carboxylic acids is 2. The number of rotatable bonds is 6. The van der Waals surface area contributed by atoms with E-state index in [0.717, 1.165) is 5.56 Å². The molecule has 0 saturated carbocycles. The average Bonchev–Trinajstić information content (AvgIpc) is 2.63. The number of ether oxygens (including phenoxy) is 2. The van der Waals surface area contributed by atoms with Gasteiger partial charge in [0.05, 0.1) is 0 Å². The lowest BCUT2D eigenvalue weighted by Gasteiger charge is -2.37. The summed E-state index contributed by atoms with van der Waals surface area (Å²) in [6.07, 6.45) is -9.54. The van der Waals surface area contributed by atoms with Crippen molar-refractivity contribution in [2.24, 2.45) is 0 Å². The number of benzene rings is 1. The van der Waals surface area contributed by atoms with E-state index >= 15 is 0 Å². The number of esters is 1. The molecule has 27 heavy (non-hydrogen) atoms. The Hall–Kier alpha value is -2.04. The fraction of sp³-hybridized carbons (Fsp3) is 0.556. The third kappa shape index (κ3) is 5.47. The lowest BCUT2D eigenvalue weighted by atomic mass is 9.99. The maximum atomic E-state index is 12.2. The Morgan fingerprint density at radius 1 is 1.07 bits per heavy atom. The summed E-state index contributed by atoms with van der Waals surface area (Å²) in [6.45, 7) is 3.15. The highest BCUT2D eigenvalue weighted by Gasteiger charge is 2.47. The van der Waals surface area contributed by atoms with Crippen LogP contribution in [0.15, 0.2) is 30.3 Å². The van der Waals surface area contributed by atoms with Crippen molar-refractivity contribution in [2.75, 3.05) is 0 Å². The number of amides is 1. The molecule has 9 nitrogen and oxygen atoms in total. The van der Waals surface area contributed by atoms with Gasteiger partial charge < -0.3 is 35.2 Å². The quantitative estimate of drug-likeness (QED) is 0.372. The number of aliphatic hydroxyl groups is 4. The normalized spacial score (nSPS) is 30.2. The summed E-state index contributed by atoms with van der Waals surface area (Å²) in [5.41, 5.74) is 1.04. The molecule has 1 aliphatic heterocycles. The van der Waals surface area contributed by atoms with Crippen molar-refractivity contribution in [2.45, 2.75) is 63.1 Å². The highest BCUT2D eigenvalue weighted by Crippen LogP contribution is 2.21. The molecule has 1 heterocycles. The van der Waals surface area contributed by atoms with Crippen molar-refractivity contribution < 1.29 is 39.5 Å². The molecule has 9 heteroatoms. The van der Waals surface area contributed by atoms with Crippen LogP contribution in [0.3, 0.4) is 0 Å². The molecular formula is C18H25NO8. The smallest absolute Gasteiger partial charge is 0.339 e. The highest BCUT2D eigenvalue weighted by atomic mass is 16.7. The van der Waals surface area contributed by atoms with E-state index < -0.39 is 48.7 Å². The van der Waals surface area contributed by atoms with Gasteiger partial charge in [-0.15, -0.1) is 0 Å². The molecule has 2 rings (SSSR count). The molecule has 5 N–H and O–H groups in total. The lowest BCUT2D eigenvalue weighted by Crippen LogP contribution is -2.60. The zero-order valence-electron chi connectivity index (χ0n) is 15.1. The SMILES string of the molecule is C[C@@H](Cc1ccccc1)NC(=O)[C@@H](C)OC(=O)C1OC(O)C(O)C(O)C1O. The van der Waals surface area contributed by atoms with Gasteiger partial charge in [-0.25, -0.2) is 4.79 Å². The molecule has 0 radical (unpaired) electrons. The highest BCUT2D eigenvalue weighted by molar-refractivity contribution is 5.85. The summed E-state index contributed by atoms with van der Waals surface area (Å²) in [6, 6.07) is 9.32. The summed E-state index contributed by atoms with van der Waals surface area (Å²) < 4.78 is 9.74. The molecule has 1 amide bonds. The van der Waals surface area contributed by atoms with Gasteiger partial charge >= 0.3 is 5.97 Å². The van der Waals surface area contributed by atoms with Crippen LogP contribution in [-0.2, 0) is 25.5 Å². The van der Waals surface area contributed by atoms with Gasteiger partial charge in [-0.1, -0.05) is 30.3 Å². The predicted octanol–water partition coefficient (Wildman–Crippen LogP) is -1.53. The van der Waals surface area contributed by atoms with E-state index in [2.05, 4.69) is 5.32 Å². The Bertz CT molecular complexity index is 640. The summed E-state index contributed by atoms with van der Waals surface area (Å²) >= 11 is 0. The molecule has 1 saturated heterocycles. The van der Waals surface area contributed by atoms with Crippen molar-refractivity contribution in [3.05, 3.63) is 35.9 Å². The van der Waals surface area contributed by atoms with E-state index in [1.54, 1.807) is 0 Å². The first-order chi connectivity index (χ1) is 12.7. The number of hydrogen-bond acceptors (Lipinski definition) is 8. The Morgan fingerprint density at radius 2 is 1.70 bits per heavy atom. The first kappa shape index (κ1) is 21.3. The first-order valence-electron chi connectivity index (χ1n) is 8.63. The van der Waals surface area contributed by atoms with Crippen molar-refractivity contribution in [1.29, 1.82) is 0 Å². The molecule has 1 aromatic carbocycles. The van der Waals surface area contributed by atoms with Gasteiger partial charge in [0.1, 0.15) is 18.3 Å². The van der Waals surface area contributed by atoms with Crippen molar-refractivity contribution >= 4 is 11.9 Å². The molecule has 1 aliphatic rings. The van der Waals surface area contributed by atoms with E-state index in [4.69, 9.17) is 9.47 Å². The zero-order chi connectivity index (χ0) is 20.1. The number of aliphatic hydroxyl groups excluding tert-OH is 4. The predicted molar refractivity (Wildman–Crippen MR) is 92.2 cm³/mol. The molecule has 5 unspecified atom stereocenters. The molecule has 0 aliphatic carbocycles. The van der Waals surface area contributed by atoms with E-state index in [1.165, 1.54) is 6.92 Å². The number of carbonyl (C=O) groups is 2. The average molecular weight is 383 g/mol. The summed E-state index contributed by atoms with van der Waals surface area (Å²) in [7, 11) is 0. The number of hydrogen-bond donors (Lipinski definition) is 5. The Balaban J connectivity index is 1.87. The third-order valence-corrected chi connectivity index (χ3v) is 4.26. The molecule has 1 aromatic rings. The summed E-state index contributed by atoms with van der Waals surface area (Å²) in [5, 5.41) is 41.0. The first-order valence-corrected chi connectivity index (χ1v) is 8.63. The van der Waals surface area contributed by atoms with Gasteiger partial charge in [0, 0.05) is 6.04 Å². The zero-order valence-corrected chi connectivity index (χ0v) is 15.1. The fourth-order valence-electron chi connectivity index (χ4n) is 2.73. The van der Waals surface area contributed by atoms with Crippen molar-refractivity contribution in [3.8, 4) is 0 Å². The van der Waals surface area contributed by atoms with Gasteiger partial charge in [-0.3, -0.25) is 4.79 Å². The Labute approximate surface area is 156 Å². The maximum absolute atomic E-state index is 12.2. The van der Waals surface area contributed by atoms with Crippen LogP contribution < -0.4 is 5.32 Å². The summed E-state index contributed by atoms with van der Waals surface area (Å²) in [4.78, 5) is 24.3. The standard InChI is InChI=1S/C18H25NO8/c1-9(8-11-6-4-3-5-7-11)19-16(23)10(2)26-18(25)15-13(21)12(20)14(22)17(24)27-15/h3-7,9-10,12-15,17,20-22,24H,8H2,1-2H3,(H,19,23)/t9-,10+,12?,13?,14?,15?,17?/m0/s1. The molecular weight excluding hydrogens is 358 g/mol. The van der Waals surface area contributed by atoms with Gasteiger partial charge in [0.25, 0.3) is 5.91 Å². The minimum atomic E-state index is -1.86. The monoisotopic (exact) mass is 383 g/mol. The topological polar surface area (TPSA) is 146 Å². The third-order valence-electron chi connectivity index (χ3n) is 4.26. The van der Waals surface area contributed by atoms with E-state index in [-0.39, 0.29) is 6.04 Å². The van der Waals surface area contributed by atoms with Crippen LogP contribution in [0.5, 0.6) is 0 Å². The summed E-state index contributed by atoms with van der Waals surface area (Å²) in [5.74, 6) is -1.68. The molecule has 0 aromatic heterocycles. The van der Waals surface area contributed by atoms with Crippen LogP contribution in [0, 0.1) is 0 Å². The van der Waals surface area contributed by atoms with Crippen LogP contribution in [0.25, 0.3) is 0 Å². The van der Waals surface area contributed by atoms with Gasteiger partial charge in [-0.05, 0) is 25.8 Å². The maximum Gasteiger partial charge on any atom is 0.339 e. The van der Waals surface area contributed by atoms with Crippen LogP contribution in [-0.4, -0.2) is 75.2 Å². The minimum absolute atomic E-state index is 0.212. The van der Waals surface area contributed by atoms with Crippen molar-refractivity contribution in [1.82, 2.24) is 5.32 Å². The Morgan fingerprint density at radius 3 is 2.33 bits per heavy atom. The molecule has 7 atom stereocenters. The van der Waals surface area contributed by atoms with E-state index in [1.807, 2.05) is 37.3 Å². The van der Waals surface area contributed by atoms with Gasteiger partial charge in [0.2, 0.25) is 0 Å². The largest absolute Gasteiger partial charge is 0.451 e. The molecule has 0 bridgehead atoms. The molecule has 0 spiro atoms. The minimum Gasteiger partial charge on any atom is -0.451 e. The van der Waals surface area contributed by atoms with Gasteiger partial charge in [-0.2, -0.15) is 0 Å². The van der Waals surface area contributed by atoms with Crippen molar-refractivity contribution in [3.63, 3.8) is 0 Å². The van der Waals surface area contributed by atoms with Crippen LogP contribution in [0.4, 0.5) is 0 Å². The second-order valence-corrected chi connectivity index (χ2v) is 6.60. The fourth-order valence-corrected chi connectivity index (χ4v) is 2.73. The van der Waals surface area contributed by atoms with E-state index in [0.29, 0.717) is 6.42 Å². The van der Waals surface area contributed by atoms with Crippen LogP contribution >= 0.6 is 0 Å². The molecule has 1 fully saturated rings.